The summed E-state index contributed by atoms with van der Waals surface area (Å²) in [7, 11) is 0. The van der Waals surface area contributed by atoms with E-state index in [1.165, 1.54) is 25.7 Å². The first kappa shape index (κ1) is 9.47. The monoisotopic (exact) mass is 183 g/mol. The average molecular weight is 183 g/mol. The van der Waals surface area contributed by atoms with Gasteiger partial charge in [0.15, 0.2) is 0 Å². The van der Waals surface area contributed by atoms with Crippen LogP contribution in [-0.4, -0.2) is 17.8 Å². The van der Waals surface area contributed by atoms with Crippen LogP contribution in [0.1, 0.15) is 38.5 Å². The molecule has 0 amide bonds. The number of hydrogen-bond donors (Lipinski definition) is 2. The molecule has 0 aromatic rings. The molecule has 0 saturated heterocycles. The van der Waals surface area contributed by atoms with Gasteiger partial charge >= 0.3 is 0 Å². The molecule has 2 bridgehead atoms. The van der Waals surface area contributed by atoms with Crippen molar-refractivity contribution < 1.29 is 5.11 Å². The predicted molar refractivity (Wildman–Crippen MR) is 53.2 cm³/mol. The molecule has 2 unspecified atom stereocenters. The number of aliphatic hydroxyl groups is 1. The van der Waals surface area contributed by atoms with Crippen molar-refractivity contribution >= 4 is 0 Å². The average Bonchev–Trinajstić information content (AvgIpc) is 2.07. The Morgan fingerprint density at radius 1 is 1.15 bits per heavy atom. The van der Waals surface area contributed by atoms with E-state index in [1.54, 1.807) is 0 Å². The summed E-state index contributed by atoms with van der Waals surface area (Å²) in [5.74, 6) is 2.40. The van der Waals surface area contributed by atoms with E-state index >= 15 is 0 Å². The van der Waals surface area contributed by atoms with Crippen LogP contribution in [-0.2, 0) is 0 Å². The van der Waals surface area contributed by atoms with Gasteiger partial charge < -0.3 is 10.8 Å². The maximum atomic E-state index is 9.67. The van der Waals surface area contributed by atoms with Gasteiger partial charge in [-0.25, -0.2) is 0 Å². The molecule has 2 aliphatic carbocycles. The van der Waals surface area contributed by atoms with Gasteiger partial charge in [-0.2, -0.15) is 0 Å². The normalized spacial score (nSPS) is 44.8. The molecule has 0 aromatic heterocycles. The van der Waals surface area contributed by atoms with Crippen molar-refractivity contribution in [2.75, 3.05) is 6.54 Å². The molecule has 0 aromatic carbocycles. The molecule has 0 radical (unpaired) electrons. The fourth-order valence-corrected chi connectivity index (χ4v) is 3.50. The third kappa shape index (κ3) is 1.89. The van der Waals surface area contributed by atoms with E-state index in [-0.39, 0.29) is 6.10 Å². The maximum Gasteiger partial charge on any atom is 0.0545 e. The summed E-state index contributed by atoms with van der Waals surface area (Å²) in [5.41, 5.74) is 5.63. The van der Waals surface area contributed by atoms with Crippen molar-refractivity contribution in [2.24, 2.45) is 23.5 Å². The zero-order chi connectivity index (χ0) is 9.26. The smallest absolute Gasteiger partial charge is 0.0545 e. The van der Waals surface area contributed by atoms with Crippen LogP contribution in [0.15, 0.2) is 0 Å². The summed E-state index contributed by atoms with van der Waals surface area (Å²) in [5, 5.41) is 9.67. The van der Waals surface area contributed by atoms with E-state index in [0.29, 0.717) is 0 Å². The SMILES string of the molecule is NCCC1C2CCCC1CC(O)C2. The Bertz CT molecular complexity index is 157. The maximum absolute atomic E-state index is 9.67. The van der Waals surface area contributed by atoms with Crippen molar-refractivity contribution in [1.82, 2.24) is 0 Å². The molecular formula is C11H21NO. The lowest BCUT2D eigenvalue weighted by Crippen LogP contribution is -2.39. The third-order valence-corrected chi connectivity index (χ3v) is 4.01. The Labute approximate surface area is 80.5 Å². The van der Waals surface area contributed by atoms with E-state index < -0.39 is 0 Å². The number of hydrogen-bond acceptors (Lipinski definition) is 2. The first-order chi connectivity index (χ1) is 6.31. The Balaban J connectivity index is 2.01. The van der Waals surface area contributed by atoms with Gasteiger partial charge in [0.2, 0.25) is 0 Å². The van der Waals surface area contributed by atoms with Crippen LogP contribution >= 0.6 is 0 Å². The van der Waals surface area contributed by atoms with Crippen molar-refractivity contribution in [3.05, 3.63) is 0 Å². The standard InChI is InChI=1S/C11H21NO/c12-5-4-11-8-2-1-3-9(11)7-10(13)6-8/h8-11,13H,1-7,12H2. The summed E-state index contributed by atoms with van der Waals surface area (Å²) < 4.78 is 0. The van der Waals surface area contributed by atoms with Crippen molar-refractivity contribution in [3.63, 3.8) is 0 Å². The molecule has 76 valence electrons. The summed E-state index contributed by atoms with van der Waals surface area (Å²) >= 11 is 0. The third-order valence-electron chi connectivity index (χ3n) is 4.01. The molecule has 2 fully saturated rings. The molecule has 2 nitrogen and oxygen atoms in total. The Morgan fingerprint density at radius 3 is 2.31 bits per heavy atom. The van der Waals surface area contributed by atoms with E-state index in [2.05, 4.69) is 0 Å². The molecule has 2 aliphatic rings. The lowest BCUT2D eigenvalue weighted by atomic mass is 9.63. The summed E-state index contributed by atoms with van der Waals surface area (Å²) in [6, 6.07) is 0. The Morgan fingerprint density at radius 2 is 1.77 bits per heavy atom. The largest absolute Gasteiger partial charge is 0.393 e. The van der Waals surface area contributed by atoms with Crippen LogP contribution in [0.2, 0.25) is 0 Å². The van der Waals surface area contributed by atoms with Crippen LogP contribution in [0.4, 0.5) is 0 Å². The highest BCUT2D eigenvalue weighted by Gasteiger charge is 2.38. The minimum Gasteiger partial charge on any atom is -0.393 e. The second-order valence-electron chi connectivity index (χ2n) is 4.82. The first-order valence-electron chi connectivity index (χ1n) is 5.69. The molecule has 2 heteroatoms. The highest BCUT2D eigenvalue weighted by molar-refractivity contribution is 4.89. The number of nitrogens with two attached hydrogens (primary N) is 1. The number of rotatable bonds is 2. The molecule has 2 saturated carbocycles. The van der Waals surface area contributed by atoms with Crippen molar-refractivity contribution in [3.8, 4) is 0 Å². The molecular weight excluding hydrogens is 162 g/mol. The van der Waals surface area contributed by atoms with Crippen molar-refractivity contribution in [2.45, 2.75) is 44.6 Å². The second-order valence-corrected chi connectivity index (χ2v) is 4.82. The lowest BCUT2D eigenvalue weighted by molar-refractivity contribution is -0.00411. The van der Waals surface area contributed by atoms with E-state index in [1.807, 2.05) is 0 Å². The van der Waals surface area contributed by atoms with Gasteiger partial charge in [0.25, 0.3) is 0 Å². The molecule has 0 aliphatic heterocycles. The zero-order valence-corrected chi connectivity index (χ0v) is 8.28. The van der Waals surface area contributed by atoms with Crippen LogP contribution in [0, 0.1) is 17.8 Å². The second kappa shape index (κ2) is 3.97. The molecule has 0 heterocycles. The van der Waals surface area contributed by atoms with Crippen LogP contribution in [0.5, 0.6) is 0 Å². The van der Waals surface area contributed by atoms with Crippen LogP contribution in [0.3, 0.4) is 0 Å². The van der Waals surface area contributed by atoms with Gasteiger partial charge in [-0.15, -0.1) is 0 Å². The minimum absolute atomic E-state index is 0.00988. The summed E-state index contributed by atoms with van der Waals surface area (Å²) in [6.45, 7) is 0.827. The fourth-order valence-electron chi connectivity index (χ4n) is 3.50. The van der Waals surface area contributed by atoms with Gasteiger partial charge in [0, 0.05) is 0 Å². The molecule has 2 rings (SSSR count). The molecule has 3 N–H and O–H groups in total. The van der Waals surface area contributed by atoms with E-state index in [4.69, 9.17) is 5.73 Å². The zero-order valence-electron chi connectivity index (χ0n) is 8.28. The topological polar surface area (TPSA) is 46.2 Å². The van der Waals surface area contributed by atoms with Gasteiger partial charge in [0.05, 0.1) is 6.10 Å². The molecule has 0 spiro atoms. The number of aliphatic hydroxyl groups excluding tert-OH is 1. The number of fused-ring (bicyclic) bond motifs is 2. The van der Waals surface area contributed by atoms with Gasteiger partial charge in [0.1, 0.15) is 0 Å². The highest BCUT2D eigenvalue weighted by atomic mass is 16.3. The fraction of sp³-hybridized carbons (Fsp3) is 1.00. The van der Waals surface area contributed by atoms with E-state index in [0.717, 1.165) is 37.1 Å². The van der Waals surface area contributed by atoms with Crippen LogP contribution < -0.4 is 5.73 Å². The lowest BCUT2D eigenvalue weighted by Gasteiger charge is -2.44. The first-order valence-corrected chi connectivity index (χ1v) is 5.69. The highest BCUT2D eigenvalue weighted by Crippen LogP contribution is 2.45. The summed E-state index contributed by atoms with van der Waals surface area (Å²) in [6.07, 6.45) is 7.30. The van der Waals surface area contributed by atoms with Crippen molar-refractivity contribution in [1.29, 1.82) is 0 Å². The quantitative estimate of drug-likeness (QED) is 0.682. The van der Waals surface area contributed by atoms with Gasteiger partial charge in [-0.05, 0) is 43.6 Å². The Hall–Kier alpha value is -0.0800. The van der Waals surface area contributed by atoms with Gasteiger partial charge in [-0.3, -0.25) is 0 Å². The van der Waals surface area contributed by atoms with Gasteiger partial charge in [-0.1, -0.05) is 19.3 Å². The summed E-state index contributed by atoms with van der Waals surface area (Å²) in [4.78, 5) is 0. The molecule has 2 atom stereocenters. The molecule has 13 heavy (non-hydrogen) atoms. The minimum atomic E-state index is -0.00988. The van der Waals surface area contributed by atoms with Crippen LogP contribution in [0.25, 0.3) is 0 Å². The Kier molecular flexibility index (Phi) is 2.89. The van der Waals surface area contributed by atoms with E-state index in [9.17, 15) is 5.11 Å². The predicted octanol–water partition coefficient (Wildman–Crippen LogP) is 1.52.